The third kappa shape index (κ3) is 1.83. The van der Waals surface area contributed by atoms with Crippen LogP contribution in [-0.2, 0) is 14.3 Å². The second-order valence-corrected chi connectivity index (χ2v) is 7.83. The molecule has 0 amide bonds. The standard InChI is InChI=1S/C12H21NO3S/c1-17(14,15)16-12(7-13)10-3-8-2-9(5-10)6-11(12)4-8/h8-11H,2-7,13H2,1H3. The van der Waals surface area contributed by atoms with Crippen molar-refractivity contribution in [2.75, 3.05) is 12.8 Å². The van der Waals surface area contributed by atoms with E-state index in [2.05, 4.69) is 0 Å². The average molecular weight is 259 g/mol. The summed E-state index contributed by atoms with van der Waals surface area (Å²) in [6.07, 6.45) is 6.93. The van der Waals surface area contributed by atoms with Crippen LogP contribution in [0, 0.1) is 23.7 Å². The van der Waals surface area contributed by atoms with Crippen LogP contribution in [0.3, 0.4) is 0 Å². The summed E-state index contributed by atoms with van der Waals surface area (Å²) in [6, 6.07) is 0. The Morgan fingerprint density at radius 2 is 1.59 bits per heavy atom. The fraction of sp³-hybridized carbons (Fsp3) is 1.00. The highest BCUT2D eigenvalue weighted by Gasteiger charge is 2.58. The molecule has 4 aliphatic rings. The highest BCUT2D eigenvalue weighted by atomic mass is 32.2. The fourth-order valence-electron chi connectivity index (χ4n) is 4.77. The van der Waals surface area contributed by atoms with Crippen molar-refractivity contribution in [3.8, 4) is 0 Å². The Balaban J connectivity index is 1.94. The molecule has 0 spiro atoms. The van der Waals surface area contributed by atoms with E-state index in [1.807, 2.05) is 0 Å². The molecule has 4 saturated carbocycles. The summed E-state index contributed by atoms with van der Waals surface area (Å²) in [5, 5.41) is 0. The van der Waals surface area contributed by atoms with E-state index in [9.17, 15) is 8.42 Å². The molecule has 0 heterocycles. The van der Waals surface area contributed by atoms with Gasteiger partial charge in [0.1, 0.15) is 5.60 Å². The number of hydrogen-bond donors (Lipinski definition) is 1. The molecule has 0 aromatic heterocycles. The molecule has 0 aromatic carbocycles. The monoisotopic (exact) mass is 259 g/mol. The fourth-order valence-corrected chi connectivity index (χ4v) is 5.67. The summed E-state index contributed by atoms with van der Waals surface area (Å²) in [7, 11) is -3.42. The van der Waals surface area contributed by atoms with E-state index in [1.54, 1.807) is 0 Å². The Hall–Kier alpha value is -0.130. The van der Waals surface area contributed by atoms with Gasteiger partial charge in [-0.2, -0.15) is 8.42 Å². The van der Waals surface area contributed by atoms with E-state index in [4.69, 9.17) is 9.92 Å². The molecule has 98 valence electrons. The van der Waals surface area contributed by atoms with Crippen LogP contribution < -0.4 is 5.73 Å². The topological polar surface area (TPSA) is 69.4 Å². The first-order valence-corrected chi connectivity index (χ1v) is 8.35. The first-order chi connectivity index (χ1) is 7.93. The van der Waals surface area contributed by atoms with Gasteiger partial charge in [-0.25, -0.2) is 0 Å². The minimum Gasteiger partial charge on any atom is -0.328 e. The molecule has 2 N–H and O–H groups in total. The van der Waals surface area contributed by atoms with Gasteiger partial charge in [-0.1, -0.05) is 0 Å². The van der Waals surface area contributed by atoms with Crippen molar-refractivity contribution in [2.24, 2.45) is 29.4 Å². The van der Waals surface area contributed by atoms with Gasteiger partial charge in [-0.15, -0.1) is 0 Å². The molecule has 0 unspecified atom stereocenters. The Bertz CT molecular complexity index is 389. The zero-order valence-electron chi connectivity index (χ0n) is 10.3. The van der Waals surface area contributed by atoms with Gasteiger partial charge in [-0.05, 0) is 55.8 Å². The maximum atomic E-state index is 11.5. The normalized spacial score (nSPS) is 48.6. The summed E-state index contributed by atoms with van der Waals surface area (Å²) >= 11 is 0. The molecule has 0 saturated heterocycles. The molecule has 0 aliphatic heterocycles. The summed E-state index contributed by atoms with van der Waals surface area (Å²) in [4.78, 5) is 0. The summed E-state index contributed by atoms with van der Waals surface area (Å²) < 4.78 is 28.5. The maximum Gasteiger partial charge on any atom is 0.264 e. The van der Waals surface area contributed by atoms with E-state index in [1.165, 1.54) is 6.42 Å². The van der Waals surface area contributed by atoms with Crippen molar-refractivity contribution in [1.29, 1.82) is 0 Å². The smallest absolute Gasteiger partial charge is 0.264 e. The lowest BCUT2D eigenvalue weighted by molar-refractivity contribution is -0.147. The molecule has 4 bridgehead atoms. The van der Waals surface area contributed by atoms with Gasteiger partial charge in [-0.3, -0.25) is 4.18 Å². The molecule has 4 aliphatic carbocycles. The molecular weight excluding hydrogens is 238 g/mol. The molecule has 5 heteroatoms. The average Bonchev–Trinajstić information content (AvgIpc) is 2.21. The van der Waals surface area contributed by atoms with Crippen molar-refractivity contribution in [2.45, 2.75) is 37.7 Å². The Morgan fingerprint density at radius 3 is 1.94 bits per heavy atom. The highest BCUT2D eigenvalue weighted by molar-refractivity contribution is 7.86. The molecule has 0 atom stereocenters. The molecule has 17 heavy (non-hydrogen) atoms. The van der Waals surface area contributed by atoms with Gasteiger partial charge in [0, 0.05) is 6.54 Å². The molecule has 0 aromatic rings. The largest absolute Gasteiger partial charge is 0.328 e. The second-order valence-electron chi connectivity index (χ2n) is 6.25. The van der Waals surface area contributed by atoms with Crippen LogP contribution in [0.25, 0.3) is 0 Å². The quantitative estimate of drug-likeness (QED) is 0.771. The van der Waals surface area contributed by atoms with Gasteiger partial charge >= 0.3 is 0 Å². The number of hydrogen-bond acceptors (Lipinski definition) is 4. The van der Waals surface area contributed by atoms with Crippen LogP contribution in [0.1, 0.15) is 32.1 Å². The lowest BCUT2D eigenvalue weighted by Gasteiger charge is -2.59. The lowest BCUT2D eigenvalue weighted by Crippen LogP contribution is -2.63. The Kier molecular flexibility index (Phi) is 2.58. The Morgan fingerprint density at radius 1 is 1.12 bits per heavy atom. The van der Waals surface area contributed by atoms with Gasteiger partial charge in [0.25, 0.3) is 10.1 Å². The minimum atomic E-state index is -3.42. The third-order valence-electron chi connectivity index (χ3n) is 5.15. The van der Waals surface area contributed by atoms with Crippen molar-refractivity contribution < 1.29 is 12.6 Å². The predicted octanol–water partition coefficient (Wildman–Crippen LogP) is 1.12. The van der Waals surface area contributed by atoms with Gasteiger partial charge in [0.05, 0.1) is 6.26 Å². The number of rotatable bonds is 3. The minimum absolute atomic E-state index is 0.342. The lowest BCUT2D eigenvalue weighted by atomic mass is 9.50. The van der Waals surface area contributed by atoms with E-state index in [0.717, 1.165) is 43.8 Å². The van der Waals surface area contributed by atoms with Crippen LogP contribution in [0.5, 0.6) is 0 Å². The van der Waals surface area contributed by atoms with Crippen LogP contribution in [-0.4, -0.2) is 26.8 Å². The Labute approximate surface area is 103 Å². The van der Waals surface area contributed by atoms with E-state index >= 15 is 0 Å². The highest BCUT2D eigenvalue weighted by Crippen LogP contribution is 2.59. The van der Waals surface area contributed by atoms with E-state index < -0.39 is 15.7 Å². The first-order valence-electron chi connectivity index (χ1n) is 6.53. The molecule has 4 nitrogen and oxygen atoms in total. The molecular formula is C12H21NO3S. The van der Waals surface area contributed by atoms with Gasteiger partial charge in [0.2, 0.25) is 0 Å². The second kappa shape index (κ2) is 3.68. The zero-order chi connectivity index (χ0) is 12.3. The van der Waals surface area contributed by atoms with Gasteiger partial charge in [0.15, 0.2) is 0 Å². The maximum absolute atomic E-state index is 11.5. The van der Waals surface area contributed by atoms with Crippen molar-refractivity contribution in [1.82, 2.24) is 0 Å². The summed E-state index contributed by atoms with van der Waals surface area (Å²) in [6.45, 7) is 0.342. The van der Waals surface area contributed by atoms with Gasteiger partial charge < -0.3 is 5.73 Å². The molecule has 4 fully saturated rings. The van der Waals surface area contributed by atoms with Crippen LogP contribution in [0.4, 0.5) is 0 Å². The zero-order valence-corrected chi connectivity index (χ0v) is 11.1. The van der Waals surface area contributed by atoms with E-state index in [0.29, 0.717) is 18.4 Å². The van der Waals surface area contributed by atoms with Crippen molar-refractivity contribution in [3.63, 3.8) is 0 Å². The van der Waals surface area contributed by atoms with Crippen molar-refractivity contribution in [3.05, 3.63) is 0 Å². The summed E-state index contributed by atoms with van der Waals surface area (Å²) in [5.74, 6) is 2.30. The number of nitrogens with two attached hydrogens (primary N) is 1. The van der Waals surface area contributed by atoms with Crippen LogP contribution in [0.15, 0.2) is 0 Å². The SMILES string of the molecule is CS(=O)(=O)OC1(CN)C2CC3CC(C2)CC1C3. The van der Waals surface area contributed by atoms with Crippen LogP contribution >= 0.6 is 0 Å². The predicted molar refractivity (Wildman–Crippen MR) is 64.8 cm³/mol. The molecule has 4 rings (SSSR count). The van der Waals surface area contributed by atoms with Crippen LogP contribution in [0.2, 0.25) is 0 Å². The summed E-state index contributed by atoms with van der Waals surface area (Å²) in [5.41, 5.74) is 5.32. The third-order valence-corrected chi connectivity index (χ3v) is 5.76. The molecule has 0 radical (unpaired) electrons. The van der Waals surface area contributed by atoms with E-state index in [-0.39, 0.29) is 0 Å². The van der Waals surface area contributed by atoms with Crippen molar-refractivity contribution >= 4 is 10.1 Å². The first kappa shape index (κ1) is 11.9.